The number of hydrogen-bond acceptors (Lipinski definition) is 1. The van der Waals surface area contributed by atoms with Gasteiger partial charge in [0, 0.05) is 0 Å². The van der Waals surface area contributed by atoms with Crippen molar-refractivity contribution in [3.63, 3.8) is 0 Å². The van der Waals surface area contributed by atoms with Crippen molar-refractivity contribution in [1.29, 1.82) is 0 Å². The Morgan fingerprint density at radius 1 is 1.30 bits per heavy atom. The molecule has 10 heavy (non-hydrogen) atoms. The van der Waals surface area contributed by atoms with Gasteiger partial charge in [-0.05, 0) is 0 Å². The fraction of sp³-hybridized carbons (Fsp3) is 0.250. The van der Waals surface area contributed by atoms with Gasteiger partial charge < -0.3 is 0 Å². The Labute approximate surface area is 67.8 Å². The molecule has 0 radical (unpaired) electrons. The van der Waals surface area contributed by atoms with Gasteiger partial charge in [-0.15, -0.1) is 0 Å². The van der Waals surface area contributed by atoms with E-state index in [-0.39, 0.29) is 0 Å². The monoisotopic (exact) mass is 228 g/mol. The average molecular weight is 229 g/mol. The van der Waals surface area contributed by atoms with E-state index < -0.39 is 17.0 Å². The summed E-state index contributed by atoms with van der Waals surface area (Å²) < 4.78 is 7.25. The summed E-state index contributed by atoms with van der Waals surface area (Å²) in [5.41, 5.74) is 0. The van der Waals surface area contributed by atoms with Crippen LogP contribution >= 0.6 is 0 Å². The summed E-state index contributed by atoms with van der Waals surface area (Å²) >= 11 is -0.840. The minimum atomic E-state index is -0.840. The molecule has 1 nitrogen and oxygen atoms in total. The van der Waals surface area contributed by atoms with Crippen molar-refractivity contribution in [1.82, 2.24) is 0 Å². The van der Waals surface area contributed by atoms with E-state index in [0.717, 1.165) is 4.89 Å². The van der Waals surface area contributed by atoms with Crippen molar-refractivity contribution in [2.24, 2.45) is 4.37 Å². The SMILES string of the molecule is C[CH2][Pd]([NH2])[c]1ccccc1. The van der Waals surface area contributed by atoms with Crippen LogP contribution in [0, 0.1) is 0 Å². The fourth-order valence-corrected chi connectivity index (χ4v) is 2.27. The molecule has 0 bridgehead atoms. The molecule has 0 spiro atoms. The van der Waals surface area contributed by atoms with Crippen LogP contribution in [0.4, 0.5) is 0 Å². The summed E-state index contributed by atoms with van der Waals surface area (Å²) in [7, 11) is 0. The molecule has 0 saturated heterocycles. The molecular formula is C8H12NPd. The minimum absolute atomic E-state index is 0.840. The summed E-state index contributed by atoms with van der Waals surface area (Å²) in [5, 5.41) is 0. The van der Waals surface area contributed by atoms with E-state index in [0.29, 0.717) is 0 Å². The molecular weight excluding hydrogens is 217 g/mol. The average Bonchev–Trinajstić information content (AvgIpc) is 2.05. The van der Waals surface area contributed by atoms with E-state index >= 15 is 0 Å². The first-order chi connectivity index (χ1) is 4.84. The first-order valence-electron chi connectivity index (χ1n) is 3.18. The first kappa shape index (κ1) is 7.94. The second-order valence-corrected chi connectivity index (χ2v) is 5.45. The Morgan fingerprint density at radius 2 is 1.90 bits per heavy atom. The third-order valence-electron chi connectivity index (χ3n) is 1.19. The van der Waals surface area contributed by atoms with Crippen LogP contribution in [0.5, 0.6) is 0 Å². The Balaban J connectivity index is 2.75. The summed E-state index contributed by atoms with van der Waals surface area (Å²) in [6.07, 6.45) is 0. The number of rotatable bonds is 2. The van der Waals surface area contributed by atoms with Crippen molar-refractivity contribution >= 4 is 4.04 Å². The maximum atomic E-state index is 5.91. The van der Waals surface area contributed by atoms with Gasteiger partial charge in [0.1, 0.15) is 0 Å². The quantitative estimate of drug-likeness (QED) is 0.758. The van der Waals surface area contributed by atoms with Gasteiger partial charge in [-0.25, -0.2) is 0 Å². The molecule has 0 aliphatic rings. The third kappa shape index (κ3) is 1.92. The second kappa shape index (κ2) is 3.88. The van der Waals surface area contributed by atoms with Crippen LogP contribution in [-0.4, -0.2) is 0 Å². The molecule has 0 aliphatic carbocycles. The summed E-state index contributed by atoms with van der Waals surface area (Å²) in [6, 6.07) is 10.4. The van der Waals surface area contributed by atoms with E-state index in [1.807, 2.05) is 18.2 Å². The third-order valence-corrected chi connectivity index (χ3v) is 4.04. The van der Waals surface area contributed by atoms with Crippen LogP contribution in [0.25, 0.3) is 0 Å². The number of benzene rings is 1. The van der Waals surface area contributed by atoms with Crippen LogP contribution in [-0.2, 0) is 17.0 Å². The molecule has 0 heterocycles. The van der Waals surface area contributed by atoms with Crippen molar-refractivity contribution in [3.8, 4) is 0 Å². The summed E-state index contributed by atoms with van der Waals surface area (Å²) in [4.78, 5) is 1.12. The molecule has 0 atom stereocenters. The van der Waals surface area contributed by atoms with Gasteiger partial charge in [0.15, 0.2) is 0 Å². The van der Waals surface area contributed by atoms with E-state index in [4.69, 9.17) is 4.37 Å². The molecule has 0 unspecified atom stereocenters. The number of hydrogen-bond donors (Lipinski definition) is 1. The molecule has 0 amide bonds. The predicted octanol–water partition coefficient (Wildman–Crippen LogP) is 1.24. The van der Waals surface area contributed by atoms with Crippen molar-refractivity contribution in [2.45, 2.75) is 11.8 Å². The van der Waals surface area contributed by atoms with Crippen molar-refractivity contribution in [3.05, 3.63) is 30.3 Å². The second-order valence-electron chi connectivity index (χ2n) is 1.82. The Morgan fingerprint density at radius 3 is 2.40 bits per heavy atom. The molecule has 1 aromatic rings. The summed E-state index contributed by atoms with van der Waals surface area (Å²) in [6.45, 7) is 2.15. The van der Waals surface area contributed by atoms with Crippen LogP contribution < -0.4 is 8.40 Å². The van der Waals surface area contributed by atoms with Gasteiger partial charge in [-0.2, -0.15) is 0 Å². The van der Waals surface area contributed by atoms with Gasteiger partial charge in [0.05, 0.1) is 0 Å². The molecule has 2 N–H and O–H groups in total. The first-order valence-corrected chi connectivity index (χ1v) is 5.96. The zero-order valence-corrected chi connectivity index (χ0v) is 7.54. The molecule has 2 heteroatoms. The normalized spacial score (nSPS) is 11.2. The van der Waals surface area contributed by atoms with Gasteiger partial charge in [0.2, 0.25) is 0 Å². The fourth-order valence-electron chi connectivity index (χ4n) is 0.667. The zero-order chi connectivity index (χ0) is 7.40. The summed E-state index contributed by atoms with van der Waals surface area (Å²) in [5.74, 6) is 0. The Bertz CT molecular complexity index is 186. The molecule has 0 aromatic heterocycles. The number of nitrogens with two attached hydrogens (primary N) is 1. The molecule has 0 saturated carbocycles. The topological polar surface area (TPSA) is 26.0 Å². The van der Waals surface area contributed by atoms with Crippen LogP contribution in [0.15, 0.2) is 30.3 Å². The Kier molecular flexibility index (Phi) is 3.08. The van der Waals surface area contributed by atoms with Crippen LogP contribution in [0.1, 0.15) is 6.92 Å². The van der Waals surface area contributed by atoms with Crippen molar-refractivity contribution in [2.75, 3.05) is 0 Å². The standard InChI is InChI=1S/C6H5.C2H5.H2N.Pd/c1-2-4-6-5-3-1;1-2;;/h1-5H;1H2,2H3;1H2;/q;;-1;+1. The van der Waals surface area contributed by atoms with E-state index in [9.17, 15) is 0 Å². The van der Waals surface area contributed by atoms with Gasteiger partial charge in [0.25, 0.3) is 0 Å². The Hall–Kier alpha value is -0.158. The maximum absolute atomic E-state index is 5.91. The molecule has 1 aromatic carbocycles. The zero-order valence-electron chi connectivity index (χ0n) is 5.99. The van der Waals surface area contributed by atoms with Crippen LogP contribution in [0.3, 0.4) is 0 Å². The molecule has 0 aliphatic heterocycles. The van der Waals surface area contributed by atoms with Gasteiger partial charge >= 0.3 is 67.6 Å². The molecule has 0 fully saturated rings. The van der Waals surface area contributed by atoms with E-state index in [1.54, 1.807) is 0 Å². The van der Waals surface area contributed by atoms with Crippen LogP contribution in [0.2, 0.25) is 4.89 Å². The molecule has 1 rings (SSSR count). The predicted molar refractivity (Wildman–Crippen MR) is 40.7 cm³/mol. The van der Waals surface area contributed by atoms with E-state index in [1.165, 1.54) is 4.04 Å². The van der Waals surface area contributed by atoms with Gasteiger partial charge in [-0.3, -0.25) is 0 Å². The van der Waals surface area contributed by atoms with Gasteiger partial charge in [-0.1, -0.05) is 0 Å². The molecule has 59 valence electrons. The van der Waals surface area contributed by atoms with Crippen molar-refractivity contribution < 1.29 is 17.0 Å². The van der Waals surface area contributed by atoms with E-state index in [2.05, 4.69) is 19.1 Å².